The Morgan fingerprint density at radius 1 is 0.377 bits per heavy atom. The Balaban J connectivity index is 1.24. The van der Waals surface area contributed by atoms with Crippen molar-refractivity contribution in [2.75, 3.05) is 4.90 Å². The lowest BCUT2D eigenvalue weighted by molar-refractivity contribution is 0.435. The molecule has 0 amide bonds. The number of anilines is 3. The molecule has 0 bridgehead atoms. The van der Waals surface area contributed by atoms with E-state index in [4.69, 9.17) is 4.74 Å². The first-order valence-corrected chi connectivity index (χ1v) is 18.3. The molecule has 0 aromatic heterocycles. The van der Waals surface area contributed by atoms with Gasteiger partial charge >= 0.3 is 0 Å². The van der Waals surface area contributed by atoms with Crippen LogP contribution in [0, 0.1) is 0 Å². The lowest BCUT2D eigenvalue weighted by atomic mass is 9.58. The molecule has 0 fully saturated rings. The van der Waals surface area contributed by atoms with Crippen LogP contribution < -0.4 is 9.64 Å². The van der Waals surface area contributed by atoms with Crippen LogP contribution in [-0.2, 0) is 5.41 Å². The highest BCUT2D eigenvalue weighted by atomic mass is 16.5. The van der Waals surface area contributed by atoms with Crippen LogP contribution in [0.2, 0.25) is 0 Å². The molecule has 0 saturated carbocycles. The average Bonchev–Trinajstić information content (AvgIpc) is 3.23. The van der Waals surface area contributed by atoms with Crippen LogP contribution >= 0.6 is 0 Å². The standard InChI is InChI=1S/C51H33NO/c1-3-15-34(16-4-1)38-21-13-23-41-39(38)22-14-28-47(41)52(36-19-5-2-6-20-36)37-31-32-40-42-24-11-17-35-18-12-27-45(50(35)42)51(46(40)33-37)43-25-7-9-29-48(43)53-49-30-10-8-26-44(49)51/h1-33H. The van der Waals surface area contributed by atoms with Gasteiger partial charge in [-0.2, -0.15) is 0 Å². The predicted octanol–water partition coefficient (Wildman–Crippen LogP) is 13.6. The maximum atomic E-state index is 6.71. The summed E-state index contributed by atoms with van der Waals surface area (Å²) in [6, 6.07) is 72.7. The molecule has 9 aromatic carbocycles. The maximum absolute atomic E-state index is 6.71. The molecule has 0 saturated heterocycles. The van der Waals surface area contributed by atoms with Crippen molar-refractivity contribution in [1.29, 1.82) is 0 Å². The van der Waals surface area contributed by atoms with Gasteiger partial charge in [0.1, 0.15) is 11.5 Å². The van der Waals surface area contributed by atoms with Crippen molar-refractivity contribution in [3.63, 3.8) is 0 Å². The molecule has 11 rings (SSSR count). The first-order valence-electron chi connectivity index (χ1n) is 18.3. The minimum Gasteiger partial charge on any atom is -0.457 e. The Bertz CT molecular complexity index is 2820. The monoisotopic (exact) mass is 675 g/mol. The van der Waals surface area contributed by atoms with Gasteiger partial charge in [0, 0.05) is 27.9 Å². The van der Waals surface area contributed by atoms with Gasteiger partial charge in [0.15, 0.2) is 0 Å². The normalized spacial score (nSPS) is 13.2. The molecule has 0 atom stereocenters. The van der Waals surface area contributed by atoms with Gasteiger partial charge in [-0.1, -0.05) is 158 Å². The number of benzene rings is 9. The van der Waals surface area contributed by atoms with E-state index in [9.17, 15) is 0 Å². The molecule has 1 heterocycles. The Labute approximate surface area is 308 Å². The number of para-hydroxylation sites is 3. The van der Waals surface area contributed by atoms with E-state index in [0.717, 1.165) is 39.7 Å². The van der Waals surface area contributed by atoms with Crippen LogP contribution in [0.15, 0.2) is 200 Å². The highest BCUT2D eigenvalue weighted by Gasteiger charge is 2.49. The Morgan fingerprint density at radius 3 is 1.75 bits per heavy atom. The second kappa shape index (κ2) is 11.6. The lowest BCUT2D eigenvalue weighted by Gasteiger charge is -2.45. The van der Waals surface area contributed by atoms with E-state index in [1.54, 1.807) is 0 Å². The molecular formula is C51H33NO. The molecule has 2 nitrogen and oxygen atoms in total. The minimum absolute atomic E-state index is 0.619. The fourth-order valence-electron chi connectivity index (χ4n) is 9.18. The third-order valence-electron chi connectivity index (χ3n) is 11.3. The third kappa shape index (κ3) is 4.27. The summed E-state index contributed by atoms with van der Waals surface area (Å²) in [7, 11) is 0. The molecule has 0 N–H and O–H groups in total. The molecule has 0 unspecified atom stereocenters. The molecular weight excluding hydrogens is 643 g/mol. The summed E-state index contributed by atoms with van der Waals surface area (Å²) in [5.41, 5.74) is 12.5. The van der Waals surface area contributed by atoms with Crippen LogP contribution in [0.3, 0.4) is 0 Å². The van der Waals surface area contributed by atoms with E-state index in [0.29, 0.717) is 0 Å². The second-order valence-electron chi connectivity index (χ2n) is 14.0. The van der Waals surface area contributed by atoms with Crippen molar-refractivity contribution < 1.29 is 4.74 Å². The minimum atomic E-state index is -0.619. The molecule has 9 aromatic rings. The van der Waals surface area contributed by atoms with Crippen LogP contribution in [0.25, 0.3) is 43.8 Å². The number of rotatable bonds is 4. The summed E-state index contributed by atoms with van der Waals surface area (Å²) in [5, 5.41) is 4.96. The van der Waals surface area contributed by atoms with Gasteiger partial charge in [0.05, 0.1) is 11.1 Å². The van der Waals surface area contributed by atoms with E-state index < -0.39 is 5.41 Å². The molecule has 2 heteroatoms. The SMILES string of the molecule is c1ccc(-c2cccc3c(N(c4ccccc4)c4ccc5c(c4)C4(c6ccccc6Oc6ccccc64)c4cccc6cccc-5c46)cccc23)cc1. The van der Waals surface area contributed by atoms with Crippen LogP contribution in [0.1, 0.15) is 22.3 Å². The average molecular weight is 676 g/mol. The number of hydrogen-bond acceptors (Lipinski definition) is 2. The van der Waals surface area contributed by atoms with Crippen LogP contribution in [-0.4, -0.2) is 0 Å². The van der Waals surface area contributed by atoms with Crippen molar-refractivity contribution in [2.24, 2.45) is 0 Å². The van der Waals surface area contributed by atoms with E-state index in [2.05, 4.69) is 205 Å². The largest absolute Gasteiger partial charge is 0.457 e. The fraction of sp³-hybridized carbons (Fsp3) is 0.0196. The van der Waals surface area contributed by atoms with Gasteiger partial charge in [0.2, 0.25) is 0 Å². The molecule has 2 aliphatic rings. The number of ether oxygens (including phenoxy) is 1. The fourth-order valence-corrected chi connectivity index (χ4v) is 9.18. The highest BCUT2D eigenvalue weighted by Crippen LogP contribution is 2.61. The molecule has 248 valence electrons. The molecule has 53 heavy (non-hydrogen) atoms. The van der Waals surface area contributed by atoms with Gasteiger partial charge in [-0.25, -0.2) is 0 Å². The quantitative estimate of drug-likeness (QED) is 0.184. The summed E-state index contributed by atoms with van der Waals surface area (Å²) in [6.45, 7) is 0. The van der Waals surface area contributed by atoms with Crippen molar-refractivity contribution in [3.8, 4) is 33.8 Å². The van der Waals surface area contributed by atoms with Gasteiger partial charge < -0.3 is 9.64 Å². The van der Waals surface area contributed by atoms with Crippen molar-refractivity contribution in [3.05, 3.63) is 222 Å². The van der Waals surface area contributed by atoms with E-state index in [-0.39, 0.29) is 0 Å². The number of fused-ring (bicyclic) bond motifs is 9. The molecule has 1 aliphatic heterocycles. The maximum Gasteiger partial charge on any atom is 0.132 e. The van der Waals surface area contributed by atoms with Crippen molar-refractivity contribution in [2.45, 2.75) is 5.41 Å². The molecule has 1 aliphatic carbocycles. The zero-order chi connectivity index (χ0) is 34.9. The molecule has 0 radical (unpaired) electrons. The van der Waals surface area contributed by atoms with Gasteiger partial charge in [-0.05, 0) is 92.0 Å². The highest BCUT2D eigenvalue weighted by molar-refractivity contribution is 6.08. The Morgan fingerprint density at radius 2 is 0.981 bits per heavy atom. The van der Waals surface area contributed by atoms with Crippen LogP contribution in [0.4, 0.5) is 17.1 Å². The summed E-state index contributed by atoms with van der Waals surface area (Å²) in [5.74, 6) is 1.78. The van der Waals surface area contributed by atoms with E-state index >= 15 is 0 Å². The van der Waals surface area contributed by atoms with Gasteiger partial charge in [-0.3, -0.25) is 0 Å². The summed E-state index contributed by atoms with van der Waals surface area (Å²) in [6.07, 6.45) is 0. The third-order valence-corrected chi connectivity index (χ3v) is 11.3. The zero-order valence-electron chi connectivity index (χ0n) is 28.9. The first kappa shape index (κ1) is 29.8. The van der Waals surface area contributed by atoms with Gasteiger partial charge in [-0.15, -0.1) is 0 Å². The Hall–Kier alpha value is -6.90. The Kier molecular flexibility index (Phi) is 6.50. The smallest absolute Gasteiger partial charge is 0.132 e. The van der Waals surface area contributed by atoms with Gasteiger partial charge in [0.25, 0.3) is 0 Å². The molecule has 1 spiro atoms. The predicted molar refractivity (Wildman–Crippen MR) is 219 cm³/mol. The van der Waals surface area contributed by atoms with Crippen molar-refractivity contribution >= 4 is 38.6 Å². The summed E-state index contributed by atoms with van der Waals surface area (Å²) in [4.78, 5) is 2.43. The first-order chi connectivity index (χ1) is 26.3. The second-order valence-corrected chi connectivity index (χ2v) is 14.0. The number of nitrogens with zero attached hydrogens (tertiary/aromatic N) is 1. The number of hydrogen-bond donors (Lipinski definition) is 0. The topological polar surface area (TPSA) is 12.5 Å². The van der Waals surface area contributed by atoms with Crippen LogP contribution in [0.5, 0.6) is 11.5 Å². The summed E-state index contributed by atoms with van der Waals surface area (Å²) < 4.78 is 6.71. The van der Waals surface area contributed by atoms with E-state index in [1.807, 2.05) is 0 Å². The lowest BCUT2D eigenvalue weighted by Crippen LogP contribution is -2.36. The summed E-state index contributed by atoms with van der Waals surface area (Å²) >= 11 is 0. The van der Waals surface area contributed by atoms with E-state index in [1.165, 1.54) is 54.9 Å². The van der Waals surface area contributed by atoms with Crippen molar-refractivity contribution in [1.82, 2.24) is 0 Å². The zero-order valence-corrected chi connectivity index (χ0v) is 28.9.